The molecule has 2 N–H and O–H groups in total. The smallest absolute Gasteiger partial charge is 0.323 e. The number of hydrogen-bond donors (Lipinski definition) is 2. The zero-order valence-electron chi connectivity index (χ0n) is 15.4. The van der Waals surface area contributed by atoms with E-state index in [9.17, 15) is 4.79 Å². The van der Waals surface area contributed by atoms with Crippen LogP contribution in [0.25, 0.3) is 0 Å². The van der Waals surface area contributed by atoms with E-state index in [0.29, 0.717) is 6.61 Å². The molecule has 5 heteroatoms. The fraction of sp³-hybridized carbons (Fsp3) is 0.350. The van der Waals surface area contributed by atoms with E-state index in [0.717, 1.165) is 35.8 Å². The second-order valence-corrected chi connectivity index (χ2v) is 5.71. The molecule has 2 aromatic carbocycles. The molecular formula is C20H27N3O2. The summed E-state index contributed by atoms with van der Waals surface area (Å²) in [5.41, 5.74) is 3.73. The quantitative estimate of drug-likeness (QED) is 0.754. The third-order valence-corrected chi connectivity index (χ3v) is 4.01. The summed E-state index contributed by atoms with van der Waals surface area (Å²) in [6, 6.07) is 13.1. The average molecular weight is 341 g/mol. The van der Waals surface area contributed by atoms with Crippen molar-refractivity contribution >= 4 is 23.1 Å². The number of nitrogens with zero attached hydrogens (tertiary/aromatic N) is 1. The van der Waals surface area contributed by atoms with E-state index in [1.165, 1.54) is 5.69 Å². The lowest BCUT2D eigenvalue weighted by Crippen LogP contribution is -2.22. The van der Waals surface area contributed by atoms with Crippen molar-refractivity contribution < 1.29 is 9.53 Å². The van der Waals surface area contributed by atoms with Gasteiger partial charge in [-0.15, -0.1) is 0 Å². The molecule has 0 heterocycles. The first-order chi connectivity index (χ1) is 12.1. The van der Waals surface area contributed by atoms with Crippen LogP contribution in [0.3, 0.4) is 0 Å². The van der Waals surface area contributed by atoms with Gasteiger partial charge in [0, 0.05) is 30.2 Å². The molecule has 0 aliphatic heterocycles. The highest BCUT2D eigenvalue weighted by Crippen LogP contribution is 2.23. The molecule has 2 aromatic rings. The van der Waals surface area contributed by atoms with Crippen molar-refractivity contribution in [2.75, 3.05) is 35.2 Å². The van der Waals surface area contributed by atoms with Crippen LogP contribution < -0.4 is 20.3 Å². The Morgan fingerprint density at radius 1 is 1.00 bits per heavy atom. The highest BCUT2D eigenvalue weighted by molar-refractivity contribution is 6.00. The van der Waals surface area contributed by atoms with Gasteiger partial charge < -0.3 is 20.3 Å². The number of carbonyl (C=O) groups is 1. The molecule has 0 aromatic heterocycles. The molecule has 0 saturated carbocycles. The Labute approximate surface area is 150 Å². The topological polar surface area (TPSA) is 53.6 Å². The van der Waals surface area contributed by atoms with Crippen molar-refractivity contribution in [1.29, 1.82) is 0 Å². The molecule has 0 aliphatic rings. The van der Waals surface area contributed by atoms with Crippen molar-refractivity contribution in [3.05, 3.63) is 48.0 Å². The molecule has 0 spiro atoms. The molecule has 25 heavy (non-hydrogen) atoms. The highest BCUT2D eigenvalue weighted by atomic mass is 16.5. The van der Waals surface area contributed by atoms with E-state index < -0.39 is 0 Å². The number of aryl methyl sites for hydroxylation is 1. The van der Waals surface area contributed by atoms with Gasteiger partial charge in [0.05, 0.1) is 6.61 Å². The number of carbonyl (C=O) groups excluding carboxylic acids is 1. The fourth-order valence-electron chi connectivity index (χ4n) is 2.66. The number of amides is 2. The number of rotatable bonds is 7. The maximum Gasteiger partial charge on any atom is 0.323 e. The molecule has 0 unspecified atom stereocenters. The van der Waals surface area contributed by atoms with Gasteiger partial charge in [-0.05, 0) is 75.7 Å². The lowest BCUT2D eigenvalue weighted by molar-refractivity contribution is 0.262. The van der Waals surface area contributed by atoms with Crippen molar-refractivity contribution in [3.63, 3.8) is 0 Å². The second-order valence-electron chi connectivity index (χ2n) is 5.71. The summed E-state index contributed by atoms with van der Waals surface area (Å²) in [5.74, 6) is 0.788. The molecule has 0 radical (unpaired) electrons. The summed E-state index contributed by atoms with van der Waals surface area (Å²) in [7, 11) is 0. The predicted molar refractivity (Wildman–Crippen MR) is 105 cm³/mol. The molecule has 0 atom stereocenters. The standard InChI is InChI=1S/C20H27N3O2/c1-5-23(6-2)17-10-13-19(15(4)14-17)22-20(24)21-16-8-11-18(12-9-16)25-7-3/h8-14H,5-7H2,1-4H3,(H2,21,22,24). The predicted octanol–water partition coefficient (Wildman–Crippen LogP) is 4.88. The van der Waals surface area contributed by atoms with Gasteiger partial charge in [-0.3, -0.25) is 0 Å². The largest absolute Gasteiger partial charge is 0.494 e. The van der Waals surface area contributed by atoms with Gasteiger partial charge in [0.15, 0.2) is 0 Å². The zero-order valence-corrected chi connectivity index (χ0v) is 15.4. The molecule has 0 aliphatic carbocycles. The minimum atomic E-state index is -0.261. The van der Waals surface area contributed by atoms with Gasteiger partial charge in [0.2, 0.25) is 0 Å². The summed E-state index contributed by atoms with van der Waals surface area (Å²) >= 11 is 0. The van der Waals surface area contributed by atoms with Gasteiger partial charge in [-0.2, -0.15) is 0 Å². The average Bonchev–Trinajstić information content (AvgIpc) is 2.60. The Morgan fingerprint density at radius 3 is 2.24 bits per heavy atom. The number of ether oxygens (including phenoxy) is 1. The monoisotopic (exact) mass is 341 g/mol. The lowest BCUT2D eigenvalue weighted by Gasteiger charge is -2.22. The van der Waals surface area contributed by atoms with Crippen molar-refractivity contribution in [1.82, 2.24) is 0 Å². The van der Waals surface area contributed by atoms with E-state index in [1.807, 2.05) is 50.2 Å². The van der Waals surface area contributed by atoms with Crippen LogP contribution in [0.5, 0.6) is 5.75 Å². The minimum absolute atomic E-state index is 0.261. The van der Waals surface area contributed by atoms with Crippen LogP contribution in [0, 0.1) is 6.92 Å². The van der Waals surface area contributed by atoms with E-state index >= 15 is 0 Å². The van der Waals surface area contributed by atoms with Crippen LogP contribution in [0.1, 0.15) is 26.3 Å². The number of nitrogens with one attached hydrogen (secondary N) is 2. The Kier molecular flexibility index (Phi) is 6.69. The zero-order chi connectivity index (χ0) is 18.2. The number of benzene rings is 2. The van der Waals surface area contributed by atoms with E-state index in [-0.39, 0.29) is 6.03 Å². The van der Waals surface area contributed by atoms with E-state index in [2.05, 4.69) is 35.4 Å². The molecule has 2 rings (SSSR count). The first-order valence-corrected chi connectivity index (χ1v) is 8.73. The Bertz CT molecular complexity index is 695. The van der Waals surface area contributed by atoms with Crippen molar-refractivity contribution in [2.45, 2.75) is 27.7 Å². The first kappa shape index (κ1) is 18.6. The van der Waals surface area contributed by atoms with Crippen LogP contribution in [-0.2, 0) is 0 Å². The Balaban J connectivity index is 2.00. The maximum absolute atomic E-state index is 12.2. The van der Waals surface area contributed by atoms with Gasteiger partial charge in [-0.25, -0.2) is 4.79 Å². The lowest BCUT2D eigenvalue weighted by atomic mass is 10.1. The second kappa shape index (κ2) is 8.97. The van der Waals surface area contributed by atoms with Gasteiger partial charge in [-0.1, -0.05) is 0 Å². The summed E-state index contributed by atoms with van der Waals surface area (Å²) in [5, 5.41) is 5.73. The molecular weight excluding hydrogens is 314 g/mol. The normalized spacial score (nSPS) is 10.2. The number of anilines is 3. The van der Waals surface area contributed by atoms with Gasteiger partial charge >= 0.3 is 6.03 Å². The summed E-state index contributed by atoms with van der Waals surface area (Å²) < 4.78 is 5.39. The highest BCUT2D eigenvalue weighted by Gasteiger charge is 2.08. The third-order valence-electron chi connectivity index (χ3n) is 4.01. The van der Waals surface area contributed by atoms with Crippen molar-refractivity contribution in [2.24, 2.45) is 0 Å². The molecule has 134 valence electrons. The summed E-state index contributed by atoms with van der Waals surface area (Å²) in [4.78, 5) is 14.5. The minimum Gasteiger partial charge on any atom is -0.494 e. The number of hydrogen-bond acceptors (Lipinski definition) is 3. The molecule has 0 fully saturated rings. The van der Waals surface area contributed by atoms with Crippen LogP contribution in [0.15, 0.2) is 42.5 Å². The SMILES string of the molecule is CCOc1ccc(NC(=O)Nc2ccc(N(CC)CC)cc2C)cc1. The Hall–Kier alpha value is -2.69. The maximum atomic E-state index is 12.2. The molecule has 0 bridgehead atoms. The molecule has 5 nitrogen and oxygen atoms in total. The van der Waals surface area contributed by atoms with E-state index in [4.69, 9.17) is 4.74 Å². The van der Waals surface area contributed by atoms with E-state index in [1.54, 1.807) is 0 Å². The van der Waals surface area contributed by atoms with Crippen LogP contribution in [0.4, 0.5) is 21.9 Å². The summed E-state index contributed by atoms with van der Waals surface area (Å²) in [6.07, 6.45) is 0. The summed E-state index contributed by atoms with van der Waals surface area (Å²) in [6.45, 7) is 10.7. The van der Waals surface area contributed by atoms with Gasteiger partial charge in [0.1, 0.15) is 5.75 Å². The van der Waals surface area contributed by atoms with Crippen LogP contribution >= 0.6 is 0 Å². The number of urea groups is 1. The first-order valence-electron chi connectivity index (χ1n) is 8.73. The molecule has 2 amide bonds. The Morgan fingerprint density at radius 2 is 1.68 bits per heavy atom. The van der Waals surface area contributed by atoms with Crippen LogP contribution in [-0.4, -0.2) is 25.7 Å². The van der Waals surface area contributed by atoms with Crippen LogP contribution in [0.2, 0.25) is 0 Å². The van der Waals surface area contributed by atoms with Gasteiger partial charge in [0.25, 0.3) is 0 Å². The molecule has 0 saturated heterocycles. The fourth-order valence-corrected chi connectivity index (χ4v) is 2.66. The third kappa shape index (κ3) is 5.14. The van der Waals surface area contributed by atoms with Crippen molar-refractivity contribution in [3.8, 4) is 5.75 Å².